The fourth-order valence-corrected chi connectivity index (χ4v) is 1.99. The molecule has 3 rings (SSSR count). The van der Waals surface area contributed by atoms with Crippen LogP contribution in [-0.2, 0) is 18.4 Å². The molecule has 8 heteroatoms. The minimum atomic E-state index is -0.850. The van der Waals surface area contributed by atoms with Crippen molar-refractivity contribution in [3.05, 3.63) is 30.9 Å². The molecule has 108 valence electrons. The molecule has 0 amide bonds. The Balaban J connectivity index is 1.75. The monoisotopic (exact) mass is 286 g/mol. The summed E-state index contributed by atoms with van der Waals surface area (Å²) >= 11 is 0. The highest BCUT2D eigenvalue weighted by Crippen LogP contribution is 2.16. The Bertz CT molecular complexity index is 791. The molecule has 2 N–H and O–H groups in total. The Labute approximate surface area is 120 Å². The van der Waals surface area contributed by atoms with Crippen LogP contribution in [0.1, 0.15) is 6.42 Å². The molecule has 0 aliphatic rings. The van der Waals surface area contributed by atoms with Crippen molar-refractivity contribution in [1.29, 1.82) is 0 Å². The summed E-state index contributed by atoms with van der Waals surface area (Å²) in [6.07, 6.45) is 7.04. The second kappa shape index (κ2) is 5.23. The third-order valence-electron chi connectivity index (χ3n) is 3.05. The largest absolute Gasteiger partial charge is 0.481 e. The van der Waals surface area contributed by atoms with Crippen molar-refractivity contribution < 1.29 is 9.90 Å². The second-order valence-electron chi connectivity index (χ2n) is 4.66. The molecule has 8 nitrogen and oxygen atoms in total. The van der Waals surface area contributed by atoms with Gasteiger partial charge in [0.15, 0.2) is 0 Å². The highest BCUT2D eigenvalue weighted by molar-refractivity contribution is 5.76. The first kappa shape index (κ1) is 13.1. The van der Waals surface area contributed by atoms with Gasteiger partial charge in [-0.1, -0.05) is 0 Å². The number of fused-ring (bicyclic) bond motifs is 1. The summed E-state index contributed by atoms with van der Waals surface area (Å²) in [7, 11) is 1.92. The number of hydrogen-bond acceptors (Lipinski definition) is 5. The normalized spacial score (nSPS) is 10.9. The van der Waals surface area contributed by atoms with Gasteiger partial charge in [-0.15, -0.1) is 0 Å². The van der Waals surface area contributed by atoms with E-state index in [4.69, 9.17) is 5.11 Å². The summed E-state index contributed by atoms with van der Waals surface area (Å²) in [5, 5.41) is 16.8. The molecule has 3 aromatic heterocycles. The standard InChI is InChI=1S/C13H14N6O2/c1-18-4-2-9-6-14-13(17-12(9)18)16-10-7-15-19(8-10)5-3-11(20)21/h2,4,6-8H,3,5H2,1H3,(H,20,21)(H,14,16,17). The third kappa shape index (κ3) is 2.83. The topological polar surface area (TPSA) is 97.9 Å². The van der Waals surface area contributed by atoms with Crippen molar-refractivity contribution in [2.45, 2.75) is 13.0 Å². The van der Waals surface area contributed by atoms with Crippen LogP contribution in [0.4, 0.5) is 11.6 Å². The van der Waals surface area contributed by atoms with Crippen molar-refractivity contribution in [3.63, 3.8) is 0 Å². The molecule has 0 radical (unpaired) electrons. The molecular formula is C13H14N6O2. The zero-order valence-electron chi connectivity index (χ0n) is 11.4. The zero-order chi connectivity index (χ0) is 14.8. The Hall–Kier alpha value is -2.90. The van der Waals surface area contributed by atoms with Crippen LogP contribution in [-0.4, -0.2) is 35.4 Å². The molecule has 0 atom stereocenters. The first-order valence-corrected chi connectivity index (χ1v) is 6.41. The van der Waals surface area contributed by atoms with Gasteiger partial charge >= 0.3 is 5.97 Å². The first-order chi connectivity index (χ1) is 10.1. The van der Waals surface area contributed by atoms with Crippen LogP contribution in [0.3, 0.4) is 0 Å². The van der Waals surface area contributed by atoms with Gasteiger partial charge in [-0.3, -0.25) is 9.48 Å². The van der Waals surface area contributed by atoms with E-state index in [9.17, 15) is 4.79 Å². The van der Waals surface area contributed by atoms with Gasteiger partial charge in [0.25, 0.3) is 0 Å². The maximum absolute atomic E-state index is 10.5. The first-order valence-electron chi connectivity index (χ1n) is 6.41. The fraction of sp³-hybridized carbons (Fsp3) is 0.231. The summed E-state index contributed by atoms with van der Waals surface area (Å²) in [6, 6.07) is 1.95. The number of aryl methyl sites for hydroxylation is 2. The molecule has 0 fully saturated rings. The number of carbonyl (C=O) groups is 1. The lowest BCUT2D eigenvalue weighted by atomic mass is 10.4. The number of hydrogen-bond donors (Lipinski definition) is 2. The summed E-state index contributed by atoms with van der Waals surface area (Å²) in [5.41, 5.74) is 1.56. The maximum atomic E-state index is 10.5. The predicted molar refractivity (Wildman–Crippen MR) is 76.3 cm³/mol. The molecule has 0 aromatic carbocycles. The van der Waals surface area contributed by atoms with Crippen molar-refractivity contribution in [2.24, 2.45) is 7.05 Å². The Morgan fingerprint density at radius 1 is 1.43 bits per heavy atom. The van der Waals surface area contributed by atoms with Crippen LogP contribution in [0.5, 0.6) is 0 Å². The molecule has 0 aliphatic carbocycles. The van der Waals surface area contributed by atoms with E-state index in [0.29, 0.717) is 18.2 Å². The van der Waals surface area contributed by atoms with Crippen molar-refractivity contribution in [3.8, 4) is 0 Å². The van der Waals surface area contributed by atoms with Crippen LogP contribution in [0.2, 0.25) is 0 Å². The lowest BCUT2D eigenvalue weighted by Gasteiger charge is -2.02. The molecule has 3 aromatic rings. The number of aliphatic carboxylic acids is 1. The van der Waals surface area contributed by atoms with Crippen LogP contribution >= 0.6 is 0 Å². The number of nitrogens with zero attached hydrogens (tertiary/aromatic N) is 5. The van der Waals surface area contributed by atoms with Gasteiger partial charge in [-0.25, -0.2) is 4.98 Å². The molecule has 0 saturated heterocycles. The van der Waals surface area contributed by atoms with Crippen molar-refractivity contribution in [2.75, 3.05) is 5.32 Å². The van der Waals surface area contributed by atoms with Crippen LogP contribution < -0.4 is 5.32 Å². The van der Waals surface area contributed by atoms with Gasteiger partial charge in [0.05, 0.1) is 24.8 Å². The number of aromatic nitrogens is 5. The summed E-state index contributed by atoms with van der Waals surface area (Å²) < 4.78 is 3.48. The van der Waals surface area contributed by atoms with Crippen molar-refractivity contribution in [1.82, 2.24) is 24.3 Å². The molecule has 0 aliphatic heterocycles. The highest BCUT2D eigenvalue weighted by Gasteiger charge is 2.05. The lowest BCUT2D eigenvalue weighted by Crippen LogP contribution is -2.04. The number of rotatable bonds is 5. The quantitative estimate of drug-likeness (QED) is 0.735. The summed E-state index contributed by atoms with van der Waals surface area (Å²) in [6.45, 7) is 0.328. The third-order valence-corrected chi connectivity index (χ3v) is 3.05. The van der Waals surface area contributed by atoms with E-state index in [1.54, 1.807) is 23.3 Å². The van der Waals surface area contributed by atoms with Crippen LogP contribution in [0, 0.1) is 0 Å². The molecule has 21 heavy (non-hydrogen) atoms. The predicted octanol–water partition coefficient (Wildman–Crippen LogP) is 1.38. The summed E-state index contributed by atoms with van der Waals surface area (Å²) in [5.74, 6) is -0.375. The lowest BCUT2D eigenvalue weighted by molar-refractivity contribution is -0.137. The maximum Gasteiger partial charge on any atom is 0.305 e. The number of carboxylic acids is 1. The van der Waals surface area contributed by atoms with Gasteiger partial charge < -0.3 is 15.0 Å². The molecule has 0 spiro atoms. The Morgan fingerprint density at radius 2 is 2.29 bits per heavy atom. The van der Waals surface area contributed by atoms with E-state index >= 15 is 0 Å². The van der Waals surface area contributed by atoms with Crippen LogP contribution in [0.25, 0.3) is 11.0 Å². The van der Waals surface area contributed by atoms with Gasteiger partial charge in [0.2, 0.25) is 5.95 Å². The number of anilines is 2. The smallest absolute Gasteiger partial charge is 0.305 e. The SMILES string of the molecule is Cn1ccc2cnc(Nc3cnn(CCC(=O)O)c3)nc21. The van der Waals surface area contributed by atoms with Gasteiger partial charge in [0.1, 0.15) is 5.65 Å². The minimum absolute atomic E-state index is 0.0347. The zero-order valence-corrected chi connectivity index (χ0v) is 11.4. The van der Waals surface area contributed by atoms with E-state index in [0.717, 1.165) is 11.0 Å². The minimum Gasteiger partial charge on any atom is -0.481 e. The number of nitrogens with one attached hydrogen (secondary N) is 1. The van der Waals surface area contributed by atoms with E-state index in [1.165, 1.54) is 0 Å². The summed E-state index contributed by atoms with van der Waals surface area (Å²) in [4.78, 5) is 19.2. The van der Waals surface area contributed by atoms with Gasteiger partial charge in [-0.05, 0) is 6.07 Å². The average molecular weight is 286 g/mol. The average Bonchev–Trinajstić information content (AvgIpc) is 3.04. The van der Waals surface area contributed by atoms with Gasteiger partial charge in [0, 0.05) is 31.0 Å². The van der Waals surface area contributed by atoms with E-state index < -0.39 is 5.97 Å². The molecular weight excluding hydrogens is 272 g/mol. The molecule has 3 heterocycles. The Morgan fingerprint density at radius 3 is 3.10 bits per heavy atom. The van der Waals surface area contributed by atoms with E-state index in [2.05, 4.69) is 20.4 Å². The van der Waals surface area contributed by atoms with E-state index in [-0.39, 0.29) is 6.42 Å². The van der Waals surface area contributed by atoms with E-state index in [1.807, 2.05) is 23.9 Å². The Kier molecular flexibility index (Phi) is 3.27. The molecule has 0 saturated carbocycles. The van der Waals surface area contributed by atoms with Crippen molar-refractivity contribution >= 4 is 28.6 Å². The molecule has 0 bridgehead atoms. The van der Waals surface area contributed by atoms with Gasteiger partial charge in [-0.2, -0.15) is 10.1 Å². The molecule has 0 unspecified atom stereocenters. The highest BCUT2D eigenvalue weighted by atomic mass is 16.4. The fourth-order valence-electron chi connectivity index (χ4n) is 1.99. The second-order valence-corrected chi connectivity index (χ2v) is 4.66. The number of carboxylic acid groups (broad SMARTS) is 1. The van der Waals surface area contributed by atoms with Crippen LogP contribution in [0.15, 0.2) is 30.9 Å².